The zero-order chi connectivity index (χ0) is 17.0. The number of amides is 2. The minimum absolute atomic E-state index is 0.0475. The maximum atomic E-state index is 12.0. The largest absolute Gasteiger partial charge is 0.337 e. The summed E-state index contributed by atoms with van der Waals surface area (Å²) < 4.78 is 1.95. The van der Waals surface area contributed by atoms with E-state index in [2.05, 4.69) is 26.9 Å². The summed E-state index contributed by atoms with van der Waals surface area (Å²) in [7, 11) is 0. The summed E-state index contributed by atoms with van der Waals surface area (Å²) in [5.41, 5.74) is 1.25. The van der Waals surface area contributed by atoms with Gasteiger partial charge in [-0.25, -0.2) is 4.79 Å². The molecule has 1 saturated carbocycles. The lowest BCUT2D eigenvalue weighted by molar-refractivity contribution is 0.239. The molecule has 0 unspecified atom stereocenters. The molecule has 2 amide bonds. The molecule has 1 aliphatic rings. The number of aryl methyl sites for hydroxylation is 1. The van der Waals surface area contributed by atoms with Crippen LogP contribution in [0.15, 0.2) is 30.6 Å². The van der Waals surface area contributed by atoms with Gasteiger partial charge in [0.25, 0.3) is 0 Å². The van der Waals surface area contributed by atoms with Crippen LogP contribution in [-0.2, 0) is 18.4 Å². The molecule has 1 aromatic carbocycles. The number of hydrogen-bond donors (Lipinski definition) is 2. The van der Waals surface area contributed by atoms with Gasteiger partial charge in [0.15, 0.2) is 0 Å². The quantitative estimate of drug-likeness (QED) is 0.808. The number of carbonyl (C=O) groups excluding carboxylic acids is 1. The van der Waals surface area contributed by atoms with Crippen LogP contribution < -0.4 is 10.6 Å². The van der Waals surface area contributed by atoms with Crippen LogP contribution in [-0.4, -0.2) is 33.9 Å². The molecule has 0 aliphatic heterocycles. The fraction of sp³-hybridized carbons (Fsp3) is 0.471. The molecule has 2 aromatic rings. The highest BCUT2D eigenvalue weighted by Gasteiger charge is 2.44. The maximum Gasteiger partial charge on any atom is 0.314 e. The Labute approximate surface area is 146 Å². The zero-order valence-electron chi connectivity index (χ0n) is 13.8. The highest BCUT2D eigenvalue weighted by Crippen LogP contribution is 2.48. The van der Waals surface area contributed by atoms with Crippen LogP contribution in [0.2, 0.25) is 5.02 Å². The molecule has 2 N–H and O–H groups in total. The molecule has 0 atom stereocenters. The molecule has 7 heteroatoms. The Hall–Kier alpha value is -2.08. The van der Waals surface area contributed by atoms with Gasteiger partial charge in [0.05, 0.1) is 0 Å². The number of aromatic nitrogens is 3. The predicted molar refractivity (Wildman–Crippen MR) is 93.2 cm³/mol. The molecular weight excluding hydrogens is 326 g/mol. The van der Waals surface area contributed by atoms with Gasteiger partial charge >= 0.3 is 6.03 Å². The van der Waals surface area contributed by atoms with E-state index in [0.29, 0.717) is 19.6 Å². The van der Waals surface area contributed by atoms with Crippen molar-refractivity contribution in [2.24, 2.45) is 0 Å². The van der Waals surface area contributed by atoms with Gasteiger partial charge in [-0.15, -0.1) is 10.2 Å². The van der Waals surface area contributed by atoms with Crippen molar-refractivity contribution in [3.8, 4) is 0 Å². The van der Waals surface area contributed by atoms with Crippen molar-refractivity contribution < 1.29 is 4.79 Å². The Morgan fingerprint density at radius 1 is 1.38 bits per heavy atom. The lowest BCUT2D eigenvalue weighted by Crippen LogP contribution is -2.41. The standard InChI is InChI=1S/C17H22ClN5O/c1-2-15-22-21-12-23(15)9-8-19-16(24)20-11-17(6-7-17)13-4-3-5-14(18)10-13/h3-5,10,12H,2,6-9,11H2,1H3,(H2,19,20,24). The third kappa shape index (κ3) is 3.87. The zero-order valence-corrected chi connectivity index (χ0v) is 14.5. The Bertz CT molecular complexity index is 711. The second-order valence-electron chi connectivity index (χ2n) is 6.19. The summed E-state index contributed by atoms with van der Waals surface area (Å²) in [5, 5.41) is 14.5. The van der Waals surface area contributed by atoms with Crippen LogP contribution in [0.1, 0.15) is 31.2 Å². The van der Waals surface area contributed by atoms with E-state index < -0.39 is 0 Å². The average molecular weight is 348 g/mol. The molecule has 24 heavy (non-hydrogen) atoms. The number of rotatable bonds is 7. The smallest absolute Gasteiger partial charge is 0.314 e. The number of hydrogen-bond acceptors (Lipinski definition) is 3. The first-order valence-electron chi connectivity index (χ1n) is 8.27. The van der Waals surface area contributed by atoms with Crippen molar-refractivity contribution in [1.29, 1.82) is 0 Å². The monoisotopic (exact) mass is 347 g/mol. The first kappa shape index (κ1) is 16.8. The Kier molecular flexibility index (Phi) is 5.04. The van der Waals surface area contributed by atoms with Crippen LogP contribution in [0.3, 0.4) is 0 Å². The average Bonchev–Trinajstić information content (AvgIpc) is 3.25. The van der Waals surface area contributed by atoms with Crippen molar-refractivity contribution in [2.45, 2.75) is 38.1 Å². The molecule has 1 heterocycles. The van der Waals surface area contributed by atoms with E-state index >= 15 is 0 Å². The van der Waals surface area contributed by atoms with E-state index in [9.17, 15) is 4.79 Å². The fourth-order valence-electron chi connectivity index (χ4n) is 2.88. The molecule has 0 spiro atoms. The topological polar surface area (TPSA) is 71.8 Å². The van der Waals surface area contributed by atoms with Crippen molar-refractivity contribution in [2.75, 3.05) is 13.1 Å². The van der Waals surface area contributed by atoms with Crippen LogP contribution >= 0.6 is 11.6 Å². The first-order chi connectivity index (χ1) is 11.6. The van der Waals surface area contributed by atoms with Gasteiger partial charge in [0.2, 0.25) is 0 Å². The highest BCUT2D eigenvalue weighted by atomic mass is 35.5. The maximum absolute atomic E-state index is 12.0. The molecule has 128 valence electrons. The minimum atomic E-state index is -0.144. The van der Waals surface area contributed by atoms with Crippen LogP contribution in [0.5, 0.6) is 0 Å². The highest BCUT2D eigenvalue weighted by molar-refractivity contribution is 6.30. The van der Waals surface area contributed by atoms with Gasteiger partial charge in [0.1, 0.15) is 12.2 Å². The second-order valence-corrected chi connectivity index (χ2v) is 6.63. The van der Waals surface area contributed by atoms with Crippen LogP contribution in [0.4, 0.5) is 4.79 Å². The normalized spacial score (nSPS) is 15.1. The Balaban J connectivity index is 1.44. The predicted octanol–water partition coefficient (Wildman–Crippen LogP) is 2.52. The second kappa shape index (κ2) is 7.21. The van der Waals surface area contributed by atoms with Crippen molar-refractivity contribution in [3.63, 3.8) is 0 Å². The van der Waals surface area contributed by atoms with Crippen molar-refractivity contribution in [3.05, 3.63) is 47.0 Å². The van der Waals surface area contributed by atoms with Crippen molar-refractivity contribution >= 4 is 17.6 Å². The third-order valence-corrected chi connectivity index (χ3v) is 4.76. The number of carbonyl (C=O) groups is 1. The molecule has 0 bridgehead atoms. The Morgan fingerprint density at radius 2 is 2.21 bits per heavy atom. The summed E-state index contributed by atoms with van der Waals surface area (Å²) >= 11 is 6.07. The molecule has 3 rings (SSSR count). The number of nitrogens with one attached hydrogen (secondary N) is 2. The van der Waals surface area contributed by atoms with Gasteiger partial charge < -0.3 is 15.2 Å². The van der Waals surface area contributed by atoms with Gasteiger partial charge in [-0.05, 0) is 30.5 Å². The SMILES string of the molecule is CCc1nncn1CCNC(=O)NCC1(c2cccc(Cl)c2)CC1. The number of nitrogens with zero attached hydrogens (tertiary/aromatic N) is 3. The van der Waals surface area contributed by atoms with Crippen LogP contribution in [0.25, 0.3) is 0 Å². The molecule has 1 fully saturated rings. The fourth-order valence-corrected chi connectivity index (χ4v) is 3.07. The summed E-state index contributed by atoms with van der Waals surface area (Å²) in [6, 6.07) is 7.76. The number of urea groups is 1. The van der Waals surface area contributed by atoms with Gasteiger partial charge in [-0.3, -0.25) is 0 Å². The van der Waals surface area contributed by atoms with Gasteiger partial charge in [-0.2, -0.15) is 0 Å². The van der Waals surface area contributed by atoms with Gasteiger partial charge in [-0.1, -0.05) is 30.7 Å². The Morgan fingerprint density at radius 3 is 2.92 bits per heavy atom. The van der Waals surface area contributed by atoms with E-state index in [-0.39, 0.29) is 11.4 Å². The van der Waals surface area contributed by atoms with Gasteiger partial charge in [0, 0.05) is 36.5 Å². The molecular formula is C17H22ClN5O. The summed E-state index contributed by atoms with van der Waals surface area (Å²) in [5.74, 6) is 0.926. The van der Waals surface area contributed by atoms with E-state index in [1.165, 1.54) is 5.56 Å². The summed E-state index contributed by atoms with van der Waals surface area (Å²) in [4.78, 5) is 12.0. The number of halogens is 1. The summed E-state index contributed by atoms with van der Waals surface area (Å²) in [6.45, 7) is 3.88. The lowest BCUT2D eigenvalue weighted by Gasteiger charge is -2.17. The van der Waals surface area contributed by atoms with E-state index in [1.807, 2.05) is 29.7 Å². The van der Waals surface area contributed by atoms with E-state index in [4.69, 9.17) is 11.6 Å². The minimum Gasteiger partial charge on any atom is -0.337 e. The molecule has 6 nitrogen and oxygen atoms in total. The first-order valence-corrected chi connectivity index (χ1v) is 8.65. The molecule has 1 aliphatic carbocycles. The van der Waals surface area contributed by atoms with Crippen LogP contribution in [0, 0.1) is 0 Å². The molecule has 0 radical (unpaired) electrons. The third-order valence-electron chi connectivity index (χ3n) is 4.53. The molecule has 0 saturated heterocycles. The summed E-state index contributed by atoms with van der Waals surface area (Å²) in [6.07, 6.45) is 4.67. The lowest BCUT2D eigenvalue weighted by atomic mass is 9.96. The van der Waals surface area contributed by atoms with E-state index in [0.717, 1.165) is 30.1 Å². The number of benzene rings is 1. The molecule has 1 aromatic heterocycles. The van der Waals surface area contributed by atoms with E-state index in [1.54, 1.807) is 6.33 Å². The van der Waals surface area contributed by atoms with Crippen molar-refractivity contribution in [1.82, 2.24) is 25.4 Å².